The molecule has 1 aromatic carbocycles. The van der Waals surface area contributed by atoms with Crippen LogP contribution in [0.15, 0.2) is 35.7 Å². The molecule has 0 bridgehead atoms. The molecule has 2 heterocycles. The van der Waals surface area contributed by atoms with E-state index in [0.717, 1.165) is 28.4 Å². The molecule has 0 atom stereocenters. The number of rotatable bonds is 4. The third kappa shape index (κ3) is 2.45. The van der Waals surface area contributed by atoms with Gasteiger partial charge in [0.05, 0.1) is 16.8 Å². The number of carboxylic acids is 1. The number of thioether (sulfide) groups is 1. The van der Waals surface area contributed by atoms with Gasteiger partial charge in [-0.3, -0.25) is 19.9 Å². The minimum absolute atomic E-state index is 0.0767. The monoisotopic (exact) mass is 287 g/mol. The lowest BCUT2D eigenvalue weighted by molar-refractivity contribution is -0.133. The predicted molar refractivity (Wildman–Crippen MR) is 73.3 cm³/mol. The number of para-hydroxylation sites is 1. The highest BCUT2D eigenvalue weighted by atomic mass is 32.2. The van der Waals surface area contributed by atoms with E-state index in [9.17, 15) is 4.79 Å². The average Bonchev–Trinajstić information content (AvgIpc) is 2.93. The van der Waals surface area contributed by atoms with Gasteiger partial charge in [-0.15, -0.1) is 5.10 Å². The first-order chi connectivity index (χ1) is 9.74. The highest BCUT2D eigenvalue weighted by Gasteiger charge is 2.11. The summed E-state index contributed by atoms with van der Waals surface area (Å²) >= 11 is 1.06. The molecule has 2 aromatic heterocycles. The number of carboxylic acid groups (broad SMARTS) is 1. The molecular formula is C12H9N5O2S. The first-order valence-corrected chi connectivity index (χ1v) is 6.70. The molecule has 3 rings (SSSR count). The van der Waals surface area contributed by atoms with E-state index in [0.29, 0.717) is 11.0 Å². The average molecular weight is 287 g/mol. The number of nitrogens with one attached hydrogen (secondary N) is 1. The molecule has 100 valence electrons. The number of aromatic amines is 1. The third-order valence-electron chi connectivity index (χ3n) is 2.54. The van der Waals surface area contributed by atoms with E-state index in [4.69, 9.17) is 5.11 Å². The molecule has 0 radical (unpaired) electrons. The Labute approximate surface area is 117 Å². The van der Waals surface area contributed by atoms with E-state index in [1.807, 2.05) is 18.2 Å². The summed E-state index contributed by atoms with van der Waals surface area (Å²) in [5.74, 6) is -0.437. The van der Waals surface area contributed by atoms with E-state index < -0.39 is 5.97 Å². The Hall–Kier alpha value is -2.48. The van der Waals surface area contributed by atoms with Gasteiger partial charge in [0, 0.05) is 18.0 Å². The first kappa shape index (κ1) is 12.5. The van der Waals surface area contributed by atoms with Crippen molar-refractivity contribution >= 4 is 28.8 Å². The Kier molecular flexibility index (Phi) is 3.30. The van der Waals surface area contributed by atoms with Gasteiger partial charge in [-0.1, -0.05) is 17.8 Å². The van der Waals surface area contributed by atoms with Crippen LogP contribution in [0.3, 0.4) is 0 Å². The Morgan fingerprint density at radius 3 is 3.00 bits per heavy atom. The molecule has 7 nitrogen and oxygen atoms in total. The zero-order valence-electron chi connectivity index (χ0n) is 10.1. The number of hydrogen-bond donors (Lipinski definition) is 2. The number of aromatic nitrogens is 5. The van der Waals surface area contributed by atoms with Gasteiger partial charge in [-0.05, 0) is 12.1 Å². The first-order valence-electron chi connectivity index (χ1n) is 5.71. The molecule has 0 fully saturated rings. The van der Waals surface area contributed by atoms with E-state index in [1.54, 1.807) is 12.4 Å². The van der Waals surface area contributed by atoms with Gasteiger partial charge in [0.2, 0.25) is 5.16 Å². The van der Waals surface area contributed by atoms with E-state index in [2.05, 4.69) is 25.1 Å². The molecule has 20 heavy (non-hydrogen) atoms. The fourth-order valence-electron chi connectivity index (χ4n) is 1.74. The fourth-order valence-corrected chi connectivity index (χ4v) is 2.26. The van der Waals surface area contributed by atoms with Crippen LogP contribution in [0.25, 0.3) is 22.4 Å². The van der Waals surface area contributed by atoms with Crippen molar-refractivity contribution in [3.05, 3.63) is 30.6 Å². The molecule has 0 spiro atoms. The number of carbonyl (C=O) groups is 1. The summed E-state index contributed by atoms with van der Waals surface area (Å²) < 4.78 is 0. The fraction of sp³-hybridized carbons (Fsp3) is 0.0833. The largest absolute Gasteiger partial charge is 0.481 e. The second-order valence-corrected chi connectivity index (χ2v) is 4.82. The van der Waals surface area contributed by atoms with Crippen LogP contribution in [-0.4, -0.2) is 42.0 Å². The van der Waals surface area contributed by atoms with Crippen LogP contribution in [0, 0.1) is 0 Å². The highest BCUT2D eigenvalue weighted by molar-refractivity contribution is 7.99. The van der Waals surface area contributed by atoms with Crippen LogP contribution in [0.5, 0.6) is 0 Å². The lowest BCUT2D eigenvalue weighted by atomic mass is 10.1. The Bertz CT molecular complexity index is 768. The van der Waals surface area contributed by atoms with Crippen molar-refractivity contribution in [1.29, 1.82) is 0 Å². The second-order valence-electron chi connectivity index (χ2n) is 3.88. The number of benzene rings is 1. The smallest absolute Gasteiger partial charge is 0.313 e. The molecule has 3 aromatic rings. The second kappa shape index (κ2) is 5.25. The van der Waals surface area contributed by atoms with Gasteiger partial charge >= 0.3 is 5.97 Å². The third-order valence-corrected chi connectivity index (χ3v) is 3.38. The lowest BCUT2D eigenvalue weighted by Gasteiger charge is -2.00. The molecule has 0 aliphatic heterocycles. The van der Waals surface area contributed by atoms with E-state index >= 15 is 0 Å². The van der Waals surface area contributed by atoms with E-state index in [-0.39, 0.29) is 5.75 Å². The Morgan fingerprint density at radius 1 is 1.30 bits per heavy atom. The van der Waals surface area contributed by atoms with Crippen molar-refractivity contribution in [2.24, 2.45) is 0 Å². The minimum Gasteiger partial charge on any atom is -0.481 e. The van der Waals surface area contributed by atoms with Crippen molar-refractivity contribution in [2.75, 3.05) is 5.75 Å². The molecule has 0 saturated carbocycles. The number of H-pyrrole nitrogens is 1. The van der Waals surface area contributed by atoms with Crippen LogP contribution in [-0.2, 0) is 4.79 Å². The van der Waals surface area contributed by atoms with Crippen molar-refractivity contribution in [3.63, 3.8) is 0 Å². The molecule has 0 saturated heterocycles. The topological polar surface area (TPSA) is 105 Å². The van der Waals surface area contributed by atoms with Crippen molar-refractivity contribution < 1.29 is 9.90 Å². The zero-order chi connectivity index (χ0) is 13.9. The van der Waals surface area contributed by atoms with Crippen LogP contribution in [0.2, 0.25) is 0 Å². The van der Waals surface area contributed by atoms with Crippen molar-refractivity contribution in [2.45, 2.75) is 5.16 Å². The van der Waals surface area contributed by atoms with E-state index in [1.165, 1.54) is 0 Å². The van der Waals surface area contributed by atoms with Gasteiger partial charge in [0.1, 0.15) is 0 Å². The maximum absolute atomic E-state index is 10.5. The summed E-state index contributed by atoms with van der Waals surface area (Å²) in [4.78, 5) is 23.3. The Balaban J connectivity index is 1.97. The number of fused-ring (bicyclic) bond motifs is 1. The number of hydrogen-bond acceptors (Lipinski definition) is 6. The summed E-state index contributed by atoms with van der Waals surface area (Å²) in [7, 11) is 0. The molecule has 0 unspecified atom stereocenters. The van der Waals surface area contributed by atoms with Gasteiger partial charge in [-0.25, -0.2) is 4.98 Å². The standard InChI is InChI=1S/C12H9N5O2S/c18-9(19)6-20-12-15-11(16-17-12)7-2-1-3-8-10(7)14-5-4-13-8/h1-5H,6H2,(H,18,19)(H,15,16,17). The van der Waals surface area contributed by atoms with Gasteiger partial charge in [0.25, 0.3) is 0 Å². The van der Waals surface area contributed by atoms with Crippen LogP contribution >= 0.6 is 11.8 Å². The normalized spacial score (nSPS) is 10.8. The summed E-state index contributed by atoms with van der Waals surface area (Å²) in [6, 6.07) is 5.59. The number of nitrogens with zero attached hydrogens (tertiary/aromatic N) is 4. The summed E-state index contributed by atoms with van der Waals surface area (Å²) in [6.07, 6.45) is 3.24. The lowest BCUT2D eigenvalue weighted by Crippen LogP contribution is -1.97. The molecule has 8 heteroatoms. The minimum atomic E-state index is -0.905. The molecular weight excluding hydrogens is 278 g/mol. The quantitative estimate of drug-likeness (QED) is 0.702. The van der Waals surface area contributed by atoms with Crippen molar-refractivity contribution in [3.8, 4) is 11.4 Å². The van der Waals surface area contributed by atoms with Crippen LogP contribution in [0.4, 0.5) is 0 Å². The summed E-state index contributed by atoms with van der Waals surface area (Å²) in [6.45, 7) is 0. The molecule has 0 amide bonds. The van der Waals surface area contributed by atoms with Crippen LogP contribution < -0.4 is 0 Å². The highest BCUT2D eigenvalue weighted by Crippen LogP contribution is 2.24. The molecule has 0 aliphatic rings. The van der Waals surface area contributed by atoms with Crippen LogP contribution in [0.1, 0.15) is 0 Å². The maximum atomic E-state index is 10.5. The maximum Gasteiger partial charge on any atom is 0.313 e. The summed E-state index contributed by atoms with van der Waals surface area (Å²) in [5.41, 5.74) is 2.27. The molecule has 2 N–H and O–H groups in total. The Morgan fingerprint density at radius 2 is 2.15 bits per heavy atom. The SMILES string of the molecule is O=C(O)CSc1n[nH]c(-c2cccc3nccnc23)n1. The zero-order valence-corrected chi connectivity index (χ0v) is 11.0. The predicted octanol–water partition coefficient (Wildman–Crippen LogP) is 1.59. The van der Waals surface area contributed by atoms with Gasteiger partial charge in [-0.2, -0.15) is 0 Å². The van der Waals surface area contributed by atoms with Crippen molar-refractivity contribution in [1.82, 2.24) is 25.1 Å². The van der Waals surface area contributed by atoms with Gasteiger partial charge < -0.3 is 5.11 Å². The van der Waals surface area contributed by atoms with Gasteiger partial charge in [0.15, 0.2) is 5.82 Å². The molecule has 0 aliphatic carbocycles. The summed E-state index contributed by atoms with van der Waals surface area (Å²) in [5, 5.41) is 15.8. The number of aliphatic carboxylic acids is 1.